The van der Waals surface area contributed by atoms with E-state index in [9.17, 15) is 4.79 Å². The van der Waals surface area contributed by atoms with E-state index >= 15 is 0 Å². The van der Waals surface area contributed by atoms with Gasteiger partial charge in [-0.25, -0.2) is 0 Å². The second kappa shape index (κ2) is 6.23. The summed E-state index contributed by atoms with van der Waals surface area (Å²) in [6.45, 7) is 5.63. The molecule has 3 nitrogen and oxygen atoms in total. The van der Waals surface area contributed by atoms with Crippen molar-refractivity contribution in [3.8, 4) is 11.1 Å². The van der Waals surface area contributed by atoms with Crippen molar-refractivity contribution in [1.29, 1.82) is 0 Å². The monoisotopic (exact) mass is 314 g/mol. The number of benzene rings is 1. The highest BCUT2D eigenvalue weighted by atomic mass is 32.1. The normalized spacial score (nSPS) is 21.3. The molecule has 2 unspecified atom stereocenters. The second-order valence-electron chi connectivity index (χ2n) is 6.17. The van der Waals surface area contributed by atoms with Crippen LogP contribution in [0.25, 0.3) is 11.1 Å². The highest BCUT2D eigenvalue weighted by molar-refractivity contribution is 7.12. The maximum atomic E-state index is 12.9. The first-order chi connectivity index (χ1) is 10.6. The summed E-state index contributed by atoms with van der Waals surface area (Å²) in [6.07, 6.45) is 1.01. The number of rotatable bonds is 3. The Morgan fingerprint density at radius 2 is 2.05 bits per heavy atom. The third-order valence-electron chi connectivity index (χ3n) is 4.48. The van der Waals surface area contributed by atoms with Crippen LogP contribution in [0, 0.1) is 12.8 Å². The van der Waals surface area contributed by atoms with Gasteiger partial charge >= 0.3 is 0 Å². The average Bonchev–Trinajstić information content (AvgIpc) is 3.14. The standard InChI is InChI=1S/C18H22N2OS/c1-12-3-5-15(6-4-12)16-7-8-22-17(16)18(21)20-11-14(10-19)9-13(20)2/h3-8,13-14H,9-11,19H2,1-2H3. The number of likely N-dealkylation sites (tertiary alicyclic amines) is 1. The first-order valence-electron chi connectivity index (χ1n) is 7.75. The molecule has 22 heavy (non-hydrogen) atoms. The largest absolute Gasteiger partial charge is 0.335 e. The first kappa shape index (κ1) is 15.3. The molecule has 116 valence electrons. The Morgan fingerprint density at radius 3 is 2.68 bits per heavy atom. The lowest BCUT2D eigenvalue weighted by Gasteiger charge is -2.21. The predicted octanol–water partition coefficient (Wildman–Crippen LogP) is 3.53. The van der Waals surface area contributed by atoms with E-state index in [-0.39, 0.29) is 11.9 Å². The number of thiophene rings is 1. The molecule has 1 amide bonds. The quantitative estimate of drug-likeness (QED) is 0.942. The Bertz CT molecular complexity index is 662. The molecule has 4 heteroatoms. The molecule has 1 saturated heterocycles. The third-order valence-corrected chi connectivity index (χ3v) is 5.38. The van der Waals surface area contributed by atoms with Gasteiger partial charge in [-0.1, -0.05) is 29.8 Å². The molecule has 1 fully saturated rings. The Morgan fingerprint density at radius 1 is 1.32 bits per heavy atom. The number of aryl methyl sites for hydroxylation is 1. The molecule has 3 rings (SSSR count). The van der Waals surface area contributed by atoms with Crippen molar-refractivity contribution in [3.63, 3.8) is 0 Å². The van der Waals surface area contributed by atoms with Crippen LogP contribution in [0.15, 0.2) is 35.7 Å². The number of amides is 1. The van der Waals surface area contributed by atoms with E-state index in [1.807, 2.05) is 16.3 Å². The minimum atomic E-state index is 0.147. The molecule has 2 aromatic rings. The summed E-state index contributed by atoms with van der Waals surface area (Å²) in [7, 11) is 0. The van der Waals surface area contributed by atoms with Gasteiger partial charge in [0.1, 0.15) is 0 Å². The van der Waals surface area contributed by atoms with Crippen LogP contribution < -0.4 is 5.73 Å². The molecule has 2 heterocycles. The highest BCUT2D eigenvalue weighted by Gasteiger charge is 2.33. The van der Waals surface area contributed by atoms with Gasteiger partial charge in [-0.05, 0) is 49.7 Å². The van der Waals surface area contributed by atoms with Gasteiger partial charge in [-0.2, -0.15) is 0 Å². The summed E-state index contributed by atoms with van der Waals surface area (Å²) in [5.41, 5.74) is 9.15. The van der Waals surface area contributed by atoms with Crippen molar-refractivity contribution in [1.82, 2.24) is 4.90 Å². The summed E-state index contributed by atoms with van der Waals surface area (Å²) >= 11 is 1.53. The van der Waals surface area contributed by atoms with Crippen molar-refractivity contribution >= 4 is 17.2 Å². The summed E-state index contributed by atoms with van der Waals surface area (Å²) in [5.74, 6) is 0.579. The van der Waals surface area contributed by atoms with E-state index in [1.54, 1.807) is 0 Å². The van der Waals surface area contributed by atoms with E-state index in [0.29, 0.717) is 12.5 Å². The predicted molar refractivity (Wildman–Crippen MR) is 92.2 cm³/mol. The molecule has 0 bridgehead atoms. The van der Waals surface area contributed by atoms with Gasteiger partial charge in [0, 0.05) is 18.2 Å². The molecule has 0 radical (unpaired) electrons. The lowest BCUT2D eigenvalue weighted by Crippen LogP contribution is -2.34. The lowest BCUT2D eigenvalue weighted by molar-refractivity contribution is 0.0749. The Balaban J connectivity index is 1.88. The molecule has 1 aliphatic rings. The van der Waals surface area contributed by atoms with Crippen molar-refractivity contribution in [2.24, 2.45) is 11.7 Å². The van der Waals surface area contributed by atoms with E-state index in [1.165, 1.54) is 16.9 Å². The highest BCUT2D eigenvalue weighted by Crippen LogP contribution is 2.32. The number of hydrogen-bond donors (Lipinski definition) is 1. The van der Waals surface area contributed by atoms with Gasteiger partial charge in [-0.15, -0.1) is 11.3 Å². The number of nitrogens with zero attached hydrogens (tertiary/aromatic N) is 1. The molecular weight excluding hydrogens is 292 g/mol. The fourth-order valence-corrected chi connectivity index (χ4v) is 4.03. The molecule has 0 spiro atoms. The third kappa shape index (κ3) is 2.81. The Hall–Kier alpha value is -1.65. The number of nitrogens with two attached hydrogens (primary N) is 1. The second-order valence-corrected chi connectivity index (χ2v) is 7.09. The van der Waals surface area contributed by atoms with Crippen LogP contribution in [-0.2, 0) is 0 Å². The molecule has 1 aromatic carbocycles. The minimum absolute atomic E-state index is 0.147. The molecule has 2 atom stereocenters. The molecule has 2 N–H and O–H groups in total. The summed E-state index contributed by atoms with van der Waals surface area (Å²) in [4.78, 5) is 15.8. The van der Waals surface area contributed by atoms with Gasteiger partial charge in [0.2, 0.25) is 0 Å². The van der Waals surface area contributed by atoms with Crippen molar-refractivity contribution in [2.45, 2.75) is 26.3 Å². The Kier molecular flexibility index (Phi) is 4.32. The number of carbonyl (C=O) groups is 1. The van der Waals surface area contributed by atoms with Crippen LogP contribution in [0.4, 0.5) is 0 Å². The molecule has 1 aliphatic heterocycles. The van der Waals surface area contributed by atoms with E-state index in [4.69, 9.17) is 5.73 Å². The fourth-order valence-electron chi connectivity index (χ4n) is 3.16. The molecule has 1 aromatic heterocycles. The van der Waals surface area contributed by atoms with Crippen LogP contribution in [0.5, 0.6) is 0 Å². The summed E-state index contributed by atoms with van der Waals surface area (Å²) < 4.78 is 0. The number of hydrogen-bond acceptors (Lipinski definition) is 3. The van der Waals surface area contributed by atoms with Crippen LogP contribution in [0.1, 0.15) is 28.6 Å². The van der Waals surface area contributed by atoms with Crippen molar-refractivity contribution in [3.05, 3.63) is 46.2 Å². The number of carbonyl (C=O) groups excluding carboxylic acids is 1. The fraction of sp³-hybridized carbons (Fsp3) is 0.389. The maximum absolute atomic E-state index is 12.9. The van der Waals surface area contributed by atoms with Gasteiger partial charge in [0.25, 0.3) is 5.91 Å². The van der Waals surface area contributed by atoms with Crippen molar-refractivity contribution in [2.75, 3.05) is 13.1 Å². The SMILES string of the molecule is Cc1ccc(-c2ccsc2C(=O)N2CC(CN)CC2C)cc1. The minimum Gasteiger partial charge on any atom is -0.335 e. The van der Waals surface area contributed by atoms with Gasteiger partial charge in [-0.3, -0.25) is 4.79 Å². The summed E-state index contributed by atoms with van der Waals surface area (Å²) in [6, 6.07) is 10.7. The molecule has 0 aliphatic carbocycles. The van der Waals surface area contributed by atoms with Gasteiger partial charge in [0.15, 0.2) is 0 Å². The van der Waals surface area contributed by atoms with Crippen LogP contribution >= 0.6 is 11.3 Å². The van der Waals surface area contributed by atoms with Crippen LogP contribution in [0.2, 0.25) is 0 Å². The zero-order valence-corrected chi connectivity index (χ0v) is 13.9. The maximum Gasteiger partial charge on any atom is 0.264 e. The lowest BCUT2D eigenvalue weighted by atomic mass is 10.0. The smallest absolute Gasteiger partial charge is 0.264 e. The van der Waals surface area contributed by atoms with E-state index < -0.39 is 0 Å². The zero-order chi connectivity index (χ0) is 15.7. The van der Waals surface area contributed by atoms with E-state index in [0.717, 1.165) is 29.0 Å². The topological polar surface area (TPSA) is 46.3 Å². The van der Waals surface area contributed by atoms with Gasteiger partial charge in [0.05, 0.1) is 4.88 Å². The molecular formula is C18H22N2OS. The molecule has 0 saturated carbocycles. The van der Waals surface area contributed by atoms with Crippen LogP contribution in [0.3, 0.4) is 0 Å². The van der Waals surface area contributed by atoms with Crippen LogP contribution in [-0.4, -0.2) is 29.9 Å². The average molecular weight is 314 g/mol. The first-order valence-corrected chi connectivity index (χ1v) is 8.63. The summed E-state index contributed by atoms with van der Waals surface area (Å²) in [5, 5.41) is 2.00. The van der Waals surface area contributed by atoms with E-state index in [2.05, 4.69) is 38.1 Å². The Labute approximate surface area is 135 Å². The van der Waals surface area contributed by atoms with Gasteiger partial charge < -0.3 is 10.6 Å². The zero-order valence-electron chi connectivity index (χ0n) is 13.1. The van der Waals surface area contributed by atoms with Crippen molar-refractivity contribution < 1.29 is 4.79 Å².